The highest BCUT2D eigenvalue weighted by atomic mass is 32.2. The van der Waals surface area contributed by atoms with E-state index in [2.05, 4.69) is 5.10 Å². The second-order valence-corrected chi connectivity index (χ2v) is 11.5. The van der Waals surface area contributed by atoms with Crippen molar-refractivity contribution >= 4 is 27.1 Å². The molecule has 0 unspecified atom stereocenters. The Kier molecular flexibility index (Phi) is 5.65. The molecule has 1 fully saturated rings. The van der Waals surface area contributed by atoms with Gasteiger partial charge in [-0.1, -0.05) is 6.07 Å². The number of nitrogens with zero attached hydrogens (tertiary/aromatic N) is 3. The first-order valence-corrected chi connectivity index (χ1v) is 13.5. The van der Waals surface area contributed by atoms with Gasteiger partial charge in [-0.2, -0.15) is 5.10 Å². The normalized spacial score (nSPS) is 19.3. The SMILES string of the molecule is COc1cc2c(cc1OC)CN(C(=O)c1cc(-c3cccs3)n([C@H]3CCS(=O)(=O)C3)n1)CC2. The highest BCUT2D eigenvalue weighted by Crippen LogP contribution is 2.35. The largest absolute Gasteiger partial charge is 0.493 e. The maximum absolute atomic E-state index is 13.4. The van der Waals surface area contributed by atoms with Gasteiger partial charge >= 0.3 is 0 Å². The summed E-state index contributed by atoms with van der Waals surface area (Å²) in [5.41, 5.74) is 3.29. The number of amides is 1. The molecule has 0 bridgehead atoms. The minimum Gasteiger partial charge on any atom is -0.493 e. The van der Waals surface area contributed by atoms with Crippen LogP contribution in [0.3, 0.4) is 0 Å². The Morgan fingerprint density at radius 1 is 1.15 bits per heavy atom. The Labute approximate surface area is 196 Å². The van der Waals surface area contributed by atoms with E-state index in [4.69, 9.17) is 9.47 Å². The van der Waals surface area contributed by atoms with Crippen LogP contribution in [0.5, 0.6) is 11.5 Å². The molecule has 0 radical (unpaired) electrons. The first-order chi connectivity index (χ1) is 15.9. The van der Waals surface area contributed by atoms with Crippen LogP contribution < -0.4 is 9.47 Å². The van der Waals surface area contributed by atoms with Crippen LogP contribution in [0.15, 0.2) is 35.7 Å². The summed E-state index contributed by atoms with van der Waals surface area (Å²) in [4.78, 5) is 16.2. The molecule has 0 spiro atoms. The molecule has 2 aromatic heterocycles. The number of hydrogen-bond donors (Lipinski definition) is 0. The number of thiophene rings is 1. The molecule has 33 heavy (non-hydrogen) atoms. The van der Waals surface area contributed by atoms with Crippen molar-refractivity contribution in [2.45, 2.75) is 25.4 Å². The van der Waals surface area contributed by atoms with Crippen LogP contribution in [-0.2, 0) is 22.8 Å². The van der Waals surface area contributed by atoms with Crippen molar-refractivity contribution in [1.29, 1.82) is 0 Å². The Morgan fingerprint density at radius 3 is 2.55 bits per heavy atom. The minimum atomic E-state index is -3.08. The molecule has 4 heterocycles. The molecule has 2 aliphatic rings. The van der Waals surface area contributed by atoms with Crippen LogP contribution in [0.25, 0.3) is 10.6 Å². The highest BCUT2D eigenvalue weighted by Gasteiger charge is 2.33. The summed E-state index contributed by atoms with van der Waals surface area (Å²) in [5, 5.41) is 6.59. The van der Waals surface area contributed by atoms with Gasteiger partial charge in [0.1, 0.15) is 0 Å². The van der Waals surface area contributed by atoms with E-state index < -0.39 is 9.84 Å². The maximum atomic E-state index is 13.4. The number of methoxy groups -OCH3 is 2. The smallest absolute Gasteiger partial charge is 0.274 e. The summed E-state index contributed by atoms with van der Waals surface area (Å²) in [6.45, 7) is 1.02. The summed E-state index contributed by atoms with van der Waals surface area (Å²) in [5.74, 6) is 1.37. The molecule has 1 aromatic carbocycles. The maximum Gasteiger partial charge on any atom is 0.274 e. The zero-order chi connectivity index (χ0) is 23.2. The zero-order valence-electron chi connectivity index (χ0n) is 18.5. The van der Waals surface area contributed by atoms with Crippen LogP contribution in [0, 0.1) is 0 Å². The number of hydrogen-bond acceptors (Lipinski definition) is 7. The number of fused-ring (bicyclic) bond motifs is 1. The van der Waals surface area contributed by atoms with Gasteiger partial charge in [0.2, 0.25) is 0 Å². The number of rotatable bonds is 5. The second-order valence-electron chi connectivity index (χ2n) is 8.35. The minimum absolute atomic E-state index is 0.0550. The van der Waals surface area contributed by atoms with E-state index in [0.29, 0.717) is 43.1 Å². The third kappa shape index (κ3) is 4.13. The lowest BCUT2D eigenvalue weighted by Crippen LogP contribution is -2.36. The number of carbonyl (C=O) groups excluding carboxylic acids is 1. The van der Waals surface area contributed by atoms with Crippen LogP contribution in [0.2, 0.25) is 0 Å². The molecule has 3 aromatic rings. The fourth-order valence-electron chi connectivity index (χ4n) is 4.57. The van der Waals surface area contributed by atoms with Gasteiger partial charge in [0, 0.05) is 13.1 Å². The summed E-state index contributed by atoms with van der Waals surface area (Å²) < 4.78 is 36.7. The van der Waals surface area contributed by atoms with Crippen molar-refractivity contribution < 1.29 is 22.7 Å². The van der Waals surface area contributed by atoms with Gasteiger partial charge in [-0.3, -0.25) is 9.48 Å². The number of aromatic nitrogens is 2. The lowest BCUT2D eigenvalue weighted by molar-refractivity contribution is 0.0727. The van der Waals surface area contributed by atoms with Crippen molar-refractivity contribution in [3.05, 3.63) is 52.5 Å². The Balaban J connectivity index is 1.45. The van der Waals surface area contributed by atoms with Gasteiger partial charge in [-0.05, 0) is 53.6 Å². The van der Waals surface area contributed by atoms with E-state index in [-0.39, 0.29) is 23.5 Å². The first kappa shape index (κ1) is 22.0. The fourth-order valence-corrected chi connectivity index (χ4v) is 7.00. The van der Waals surface area contributed by atoms with Crippen LogP contribution >= 0.6 is 11.3 Å². The van der Waals surface area contributed by atoms with Gasteiger partial charge in [0.15, 0.2) is 27.0 Å². The number of carbonyl (C=O) groups is 1. The summed E-state index contributed by atoms with van der Waals surface area (Å²) in [6, 6.07) is 9.34. The molecule has 0 saturated carbocycles. The molecule has 0 aliphatic carbocycles. The predicted molar refractivity (Wildman–Crippen MR) is 126 cm³/mol. The third-order valence-corrected chi connectivity index (χ3v) is 8.93. The fraction of sp³-hybridized carbons (Fsp3) is 0.391. The standard InChI is InChI=1S/C23H25N3O5S2/c1-30-20-10-15-5-7-25(13-16(15)11-21(20)31-2)23(27)18-12-19(22-4-3-8-32-22)26(24-18)17-6-9-33(28,29)14-17/h3-4,8,10-12,17H,5-7,9,13-14H2,1-2H3/t17-/m0/s1. The zero-order valence-corrected chi connectivity index (χ0v) is 20.1. The van der Waals surface area contributed by atoms with Gasteiger partial charge in [0.25, 0.3) is 5.91 Å². The molecule has 2 aliphatic heterocycles. The topological polar surface area (TPSA) is 90.7 Å². The van der Waals surface area contributed by atoms with Crippen LogP contribution in [0.1, 0.15) is 34.1 Å². The van der Waals surface area contributed by atoms with Crippen LogP contribution in [0.4, 0.5) is 0 Å². The molecular formula is C23H25N3O5S2. The lowest BCUT2D eigenvalue weighted by Gasteiger charge is -2.29. The Hall–Kier alpha value is -2.85. The average Bonchev–Trinajstić information content (AvgIpc) is 3.56. The lowest BCUT2D eigenvalue weighted by atomic mass is 9.98. The summed E-state index contributed by atoms with van der Waals surface area (Å²) in [6.07, 6.45) is 1.22. The van der Waals surface area contributed by atoms with Crippen molar-refractivity contribution in [3.8, 4) is 22.1 Å². The van der Waals surface area contributed by atoms with Gasteiger partial charge in [0.05, 0.1) is 42.3 Å². The molecule has 1 atom stereocenters. The average molecular weight is 488 g/mol. The molecule has 1 saturated heterocycles. The van der Waals surface area contributed by atoms with Crippen molar-refractivity contribution in [1.82, 2.24) is 14.7 Å². The van der Waals surface area contributed by atoms with E-state index in [1.165, 1.54) is 0 Å². The first-order valence-electron chi connectivity index (χ1n) is 10.8. The summed E-state index contributed by atoms with van der Waals surface area (Å²) in [7, 11) is 0.125. The predicted octanol–water partition coefficient (Wildman–Crippen LogP) is 3.19. The Bertz CT molecular complexity index is 1300. The molecule has 10 heteroatoms. The molecule has 0 N–H and O–H groups in total. The van der Waals surface area contributed by atoms with E-state index in [1.54, 1.807) is 41.2 Å². The van der Waals surface area contributed by atoms with Crippen molar-refractivity contribution in [2.75, 3.05) is 32.3 Å². The molecule has 5 rings (SSSR count). The Morgan fingerprint density at radius 2 is 1.91 bits per heavy atom. The summed E-state index contributed by atoms with van der Waals surface area (Å²) >= 11 is 1.55. The third-order valence-electron chi connectivity index (χ3n) is 6.29. The number of benzene rings is 1. The van der Waals surface area contributed by atoms with E-state index in [0.717, 1.165) is 21.7 Å². The van der Waals surface area contributed by atoms with Crippen molar-refractivity contribution in [2.24, 2.45) is 0 Å². The van der Waals surface area contributed by atoms with E-state index in [1.807, 2.05) is 29.6 Å². The van der Waals surface area contributed by atoms with Gasteiger partial charge in [-0.15, -0.1) is 11.3 Å². The van der Waals surface area contributed by atoms with E-state index in [9.17, 15) is 13.2 Å². The second kappa shape index (κ2) is 8.49. The monoisotopic (exact) mass is 487 g/mol. The quantitative estimate of drug-likeness (QED) is 0.549. The molecule has 174 valence electrons. The molecular weight excluding hydrogens is 462 g/mol. The number of sulfone groups is 1. The van der Waals surface area contributed by atoms with Gasteiger partial charge in [-0.25, -0.2) is 8.42 Å². The number of ether oxygens (including phenoxy) is 2. The van der Waals surface area contributed by atoms with Crippen molar-refractivity contribution in [3.63, 3.8) is 0 Å². The van der Waals surface area contributed by atoms with E-state index >= 15 is 0 Å². The molecule has 8 nitrogen and oxygen atoms in total. The van der Waals surface area contributed by atoms with Gasteiger partial charge < -0.3 is 14.4 Å². The van der Waals surface area contributed by atoms with Crippen LogP contribution in [-0.4, -0.2) is 61.3 Å². The molecule has 1 amide bonds. The highest BCUT2D eigenvalue weighted by molar-refractivity contribution is 7.91.